The molecular weight excluding hydrogens is 442 g/mol. The molecule has 1 saturated heterocycles. The second-order valence-electron chi connectivity index (χ2n) is 9.12. The summed E-state index contributed by atoms with van der Waals surface area (Å²) in [7, 11) is 0. The zero-order valence-electron chi connectivity index (χ0n) is 18.6. The van der Waals surface area contributed by atoms with E-state index >= 15 is 0 Å². The van der Waals surface area contributed by atoms with Crippen LogP contribution in [0.15, 0.2) is 32.8 Å². The maximum atomic E-state index is 13.7. The number of furan rings is 1. The van der Waals surface area contributed by atoms with Gasteiger partial charge in [0.15, 0.2) is 5.16 Å². The van der Waals surface area contributed by atoms with Crippen molar-refractivity contribution in [3.8, 4) is 0 Å². The molecule has 170 valence electrons. The van der Waals surface area contributed by atoms with E-state index in [2.05, 4.69) is 13.8 Å². The highest BCUT2D eigenvalue weighted by Crippen LogP contribution is 2.36. The van der Waals surface area contributed by atoms with Crippen LogP contribution in [-0.4, -0.2) is 38.7 Å². The number of likely N-dealkylation sites (tertiary alicyclic amines) is 1. The summed E-state index contributed by atoms with van der Waals surface area (Å²) < 4.78 is 7.23. The summed E-state index contributed by atoms with van der Waals surface area (Å²) in [6.07, 6.45) is 7.98. The first-order valence-corrected chi connectivity index (χ1v) is 13.3. The first-order valence-electron chi connectivity index (χ1n) is 11.5. The van der Waals surface area contributed by atoms with Crippen molar-refractivity contribution in [1.29, 1.82) is 0 Å². The van der Waals surface area contributed by atoms with Gasteiger partial charge < -0.3 is 9.32 Å². The molecule has 5 rings (SSSR count). The average Bonchev–Trinajstić information content (AvgIpc) is 3.41. The highest BCUT2D eigenvalue weighted by atomic mass is 32.2. The summed E-state index contributed by atoms with van der Waals surface area (Å²) in [5, 5.41) is 1.37. The van der Waals surface area contributed by atoms with Crippen molar-refractivity contribution in [1.82, 2.24) is 14.5 Å². The highest BCUT2D eigenvalue weighted by molar-refractivity contribution is 7.99. The van der Waals surface area contributed by atoms with Gasteiger partial charge in [0.1, 0.15) is 10.6 Å². The van der Waals surface area contributed by atoms with Crippen LogP contribution in [0.25, 0.3) is 10.2 Å². The first-order chi connectivity index (χ1) is 15.5. The fourth-order valence-corrected chi connectivity index (χ4v) is 7.20. The van der Waals surface area contributed by atoms with Crippen LogP contribution in [0, 0.1) is 5.92 Å². The van der Waals surface area contributed by atoms with Crippen LogP contribution in [0.2, 0.25) is 0 Å². The van der Waals surface area contributed by atoms with Crippen molar-refractivity contribution in [2.75, 3.05) is 12.3 Å². The zero-order valence-corrected chi connectivity index (χ0v) is 20.3. The van der Waals surface area contributed by atoms with Gasteiger partial charge in [0.05, 0.1) is 23.9 Å². The van der Waals surface area contributed by atoms with Gasteiger partial charge in [-0.1, -0.05) is 18.7 Å². The Balaban J connectivity index is 1.50. The Hall–Kier alpha value is -2.06. The molecule has 0 bridgehead atoms. The number of piperidine rings is 1. The molecule has 3 aromatic heterocycles. The van der Waals surface area contributed by atoms with E-state index in [4.69, 9.17) is 9.40 Å². The van der Waals surface area contributed by atoms with Crippen LogP contribution in [-0.2, 0) is 24.2 Å². The molecule has 0 spiro atoms. The van der Waals surface area contributed by atoms with E-state index in [-0.39, 0.29) is 17.5 Å². The molecule has 8 heteroatoms. The van der Waals surface area contributed by atoms with Gasteiger partial charge in [-0.05, 0) is 69.1 Å². The Labute approximate surface area is 196 Å². The van der Waals surface area contributed by atoms with Crippen LogP contribution in [0.4, 0.5) is 0 Å². The number of amides is 1. The molecule has 2 aliphatic rings. The third-order valence-electron chi connectivity index (χ3n) is 6.72. The molecule has 1 aliphatic carbocycles. The molecule has 1 aliphatic heterocycles. The number of aryl methyl sites for hydroxylation is 1. The topological polar surface area (TPSA) is 68.3 Å². The van der Waals surface area contributed by atoms with Crippen molar-refractivity contribution < 1.29 is 9.21 Å². The van der Waals surface area contributed by atoms with Crippen molar-refractivity contribution in [2.24, 2.45) is 5.92 Å². The summed E-state index contributed by atoms with van der Waals surface area (Å²) in [5.74, 6) is 1.77. The van der Waals surface area contributed by atoms with Gasteiger partial charge in [-0.25, -0.2) is 4.98 Å². The maximum absolute atomic E-state index is 13.7. The Bertz CT molecular complexity index is 1180. The first kappa shape index (κ1) is 21.8. The fraction of sp³-hybridized carbons (Fsp3) is 0.542. The minimum atomic E-state index is -0.0141. The molecule has 0 N–H and O–H groups in total. The normalized spacial score (nSPS) is 21.1. The Morgan fingerprint density at radius 3 is 2.97 bits per heavy atom. The van der Waals surface area contributed by atoms with E-state index in [0.717, 1.165) is 48.9 Å². The fourth-order valence-electron chi connectivity index (χ4n) is 4.89. The maximum Gasteiger partial charge on any atom is 0.263 e. The molecule has 6 nitrogen and oxygen atoms in total. The lowest BCUT2D eigenvalue weighted by Crippen LogP contribution is -2.43. The number of hydrogen-bond acceptors (Lipinski definition) is 6. The van der Waals surface area contributed by atoms with E-state index in [1.165, 1.54) is 28.6 Å². The minimum absolute atomic E-state index is 0.0141. The molecule has 32 heavy (non-hydrogen) atoms. The third kappa shape index (κ3) is 4.15. The number of rotatable bonds is 5. The van der Waals surface area contributed by atoms with Gasteiger partial charge in [-0.2, -0.15) is 0 Å². The van der Waals surface area contributed by atoms with Gasteiger partial charge in [0, 0.05) is 17.5 Å². The number of carbonyl (C=O) groups is 1. The van der Waals surface area contributed by atoms with Gasteiger partial charge >= 0.3 is 0 Å². The number of fused-ring (bicyclic) bond motifs is 3. The molecule has 0 saturated carbocycles. The molecule has 2 unspecified atom stereocenters. The van der Waals surface area contributed by atoms with Gasteiger partial charge in [0.25, 0.3) is 5.56 Å². The molecule has 0 aromatic carbocycles. The van der Waals surface area contributed by atoms with E-state index in [1.54, 1.807) is 22.2 Å². The monoisotopic (exact) mass is 471 g/mol. The summed E-state index contributed by atoms with van der Waals surface area (Å²) in [4.78, 5) is 35.6. The summed E-state index contributed by atoms with van der Waals surface area (Å²) >= 11 is 3.03. The second-order valence-corrected chi connectivity index (χ2v) is 11.1. The number of thiophene rings is 1. The molecule has 2 atom stereocenters. The Morgan fingerprint density at radius 2 is 2.19 bits per heavy atom. The molecule has 4 heterocycles. The molecular formula is C24H29N3O3S2. The van der Waals surface area contributed by atoms with Crippen molar-refractivity contribution >= 4 is 39.2 Å². The predicted molar refractivity (Wildman–Crippen MR) is 129 cm³/mol. The summed E-state index contributed by atoms with van der Waals surface area (Å²) in [6, 6.07) is 3.98. The van der Waals surface area contributed by atoms with E-state index < -0.39 is 0 Å². The SMILES string of the molecule is CC1CCc2c(sc3nc(SCC(=O)N4CCCCC4C)n(Cc4ccco4)c(=O)c23)C1. The average molecular weight is 472 g/mol. The van der Waals surface area contributed by atoms with E-state index in [1.807, 2.05) is 17.0 Å². The van der Waals surface area contributed by atoms with Crippen LogP contribution >= 0.6 is 23.1 Å². The second kappa shape index (κ2) is 9.06. The predicted octanol–water partition coefficient (Wildman–Crippen LogP) is 4.72. The minimum Gasteiger partial charge on any atom is -0.467 e. The lowest BCUT2D eigenvalue weighted by molar-refractivity contribution is -0.131. The van der Waals surface area contributed by atoms with Gasteiger partial charge in [-0.3, -0.25) is 14.2 Å². The van der Waals surface area contributed by atoms with Crippen LogP contribution in [0.3, 0.4) is 0 Å². The standard InChI is InChI=1S/C24H29N3O3S2/c1-15-8-9-18-19(12-15)32-22-21(18)23(29)27(13-17-7-5-11-30-17)24(25-22)31-14-20(28)26-10-4-3-6-16(26)2/h5,7,11,15-16H,3-4,6,8-10,12-14H2,1-2H3. The molecule has 1 amide bonds. The van der Waals surface area contributed by atoms with Crippen molar-refractivity contribution in [2.45, 2.75) is 70.1 Å². The number of thioether (sulfide) groups is 1. The van der Waals surface area contributed by atoms with Crippen LogP contribution in [0.5, 0.6) is 0 Å². The number of hydrogen-bond donors (Lipinski definition) is 0. The number of aromatic nitrogens is 2. The molecule has 0 radical (unpaired) electrons. The highest BCUT2D eigenvalue weighted by Gasteiger charge is 2.27. The smallest absolute Gasteiger partial charge is 0.263 e. The summed E-state index contributed by atoms with van der Waals surface area (Å²) in [6.45, 7) is 5.54. The van der Waals surface area contributed by atoms with Crippen molar-refractivity contribution in [3.05, 3.63) is 45.0 Å². The van der Waals surface area contributed by atoms with Gasteiger partial charge in [0.2, 0.25) is 5.91 Å². The van der Waals surface area contributed by atoms with Crippen LogP contribution in [0.1, 0.15) is 55.7 Å². The van der Waals surface area contributed by atoms with Crippen LogP contribution < -0.4 is 5.56 Å². The Kier molecular flexibility index (Phi) is 6.16. The molecule has 1 fully saturated rings. The lowest BCUT2D eigenvalue weighted by atomic mass is 9.89. The van der Waals surface area contributed by atoms with E-state index in [9.17, 15) is 9.59 Å². The largest absolute Gasteiger partial charge is 0.467 e. The summed E-state index contributed by atoms with van der Waals surface area (Å²) in [5.41, 5.74) is 1.17. The third-order valence-corrected chi connectivity index (χ3v) is 8.83. The zero-order chi connectivity index (χ0) is 22.2. The lowest BCUT2D eigenvalue weighted by Gasteiger charge is -2.33. The van der Waals surface area contributed by atoms with E-state index in [0.29, 0.717) is 29.1 Å². The quantitative estimate of drug-likeness (QED) is 0.398. The number of nitrogens with zero attached hydrogens (tertiary/aromatic N) is 3. The Morgan fingerprint density at radius 1 is 1.31 bits per heavy atom. The molecule has 3 aromatic rings. The van der Waals surface area contributed by atoms with Crippen molar-refractivity contribution in [3.63, 3.8) is 0 Å². The van der Waals surface area contributed by atoms with Gasteiger partial charge in [-0.15, -0.1) is 11.3 Å². The number of carbonyl (C=O) groups excluding carboxylic acids is 1.